The van der Waals surface area contributed by atoms with Gasteiger partial charge in [-0.2, -0.15) is 0 Å². The molecule has 0 saturated heterocycles. The summed E-state index contributed by atoms with van der Waals surface area (Å²) in [5.41, 5.74) is 5.22. The molecule has 0 saturated carbocycles. The maximum Gasteiger partial charge on any atom is 0.239 e. The lowest BCUT2D eigenvalue weighted by Gasteiger charge is -2.29. The summed E-state index contributed by atoms with van der Waals surface area (Å²) in [6, 6.07) is -0.609. The highest BCUT2D eigenvalue weighted by Gasteiger charge is 2.24. The van der Waals surface area contributed by atoms with E-state index in [0.29, 0.717) is 12.8 Å². The monoisotopic (exact) mass is 273 g/mol. The Bertz CT molecular complexity index is 308. The molecule has 0 fully saturated rings. The van der Waals surface area contributed by atoms with Gasteiger partial charge in [-0.15, -0.1) is 0 Å². The van der Waals surface area contributed by atoms with E-state index in [0.717, 1.165) is 0 Å². The molecule has 0 heterocycles. The molecule has 0 aliphatic rings. The van der Waals surface area contributed by atoms with Crippen molar-refractivity contribution in [1.29, 1.82) is 0 Å². The Labute approximate surface area is 115 Å². The number of amides is 2. The van der Waals surface area contributed by atoms with E-state index in [-0.39, 0.29) is 30.9 Å². The highest BCUT2D eigenvalue weighted by Crippen LogP contribution is 2.13. The van der Waals surface area contributed by atoms with E-state index in [1.807, 2.05) is 27.7 Å². The third-order valence-electron chi connectivity index (χ3n) is 3.33. The molecule has 19 heavy (non-hydrogen) atoms. The molecule has 0 aromatic heterocycles. The average Bonchev–Trinajstić information content (AvgIpc) is 2.35. The minimum Gasteiger partial charge on any atom is -0.396 e. The molecule has 2 atom stereocenters. The van der Waals surface area contributed by atoms with Gasteiger partial charge in [-0.1, -0.05) is 20.8 Å². The summed E-state index contributed by atoms with van der Waals surface area (Å²) in [7, 11) is 0. The van der Waals surface area contributed by atoms with Crippen LogP contribution in [-0.4, -0.2) is 41.7 Å². The quantitative estimate of drug-likeness (QED) is 0.489. The van der Waals surface area contributed by atoms with E-state index >= 15 is 0 Å². The predicted molar refractivity (Wildman–Crippen MR) is 74.4 cm³/mol. The summed E-state index contributed by atoms with van der Waals surface area (Å²) in [6.45, 7) is 7.40. The molecular formula is C13H27N3O3. The highest BCUT2D eigenvalue weighted by molar-refractivity contribution is 5.87. The second-order valence-corrected chi connectivity index (χ2v) is 5.42. The van der Waals surface area contributed by atoms with Crippen LogP contribution in [0.2, 0.25) is 0 Å². The third-order valence-corrected chi connectivity index (χ3v) is 3.33. The molecule has 0 aliphatic carbocycles. The lowest BCUT2D eigenvalue weighted by molar-refractivity contribution is -0.128. The summed E-state index contributed by atoms with van der Waals surface area (Å²) in [5, 5.41) is 14.3. The molecule has 0 aliphatic heterocycles. The minimum atomic E-state index is -0.609. The summed E-state index contributed by atoms with van der Waals surface area (Å²) < 4.78 is 0. The Morgan fingerprint density at radius 1 is 1.37 bits per heavy atom. The van der Waals surface area contributed by atoms with Crippen molar-refractivity contribution in [3.63, 3.8) is 0 Å². The van der Waals surface area contributed by atoms with Crippen LogP contribution in [-0.2, 0) is 9.59 Å². The van der Waals surface area contributed by atoms with Gasteiger partial charge in [0.15, 0.2) is 0 Å². The van der Waals surface area contributed by atoms with Crippen molar-refractivity contribution in [2.45, 2.75) is 52.1 Å². The van der Waals surface area contributed by atoms with Crippen LogP contribution in [0.3, 0.4) is 0 Å². The normalized spacial score (nSPS) is 15.7. The van der Waals surface area contributed by atoms with E-state index in [2.05, 4.69) is 10.6 Å². The lowest BCUT2D eigenvalue weighted by Crippen LogP contribution is -2.52. The van der Waals surface area contributed by atoms with Crippen LogP contribution >= 0.6 is 0 Å². The van der Waals surface area contributed by atoms with Crippen LogP contribution in [0, 0.1) is 5.92 Å². The van der Waals surface area contributed by atoms with Crippen molar-refractivity contribution in [3.8, 4) is 0 Å². The van der Waals surface area contributed by atoms with Gasteiger partial charge in [0.05, 0.1) is 12.6 Å². The van der Waals surface area contributed by atoms with Crippen LogP contribution in [0.4, 0.5) is 0 Å². The number of carbonyl (C=O) groups excluding carboxylic acids is 2. The second kappa shape index (κ2) is 8.12. The van der Waals surface area contributed by atoms with Crippen molar-refractivity contribution in [1.82, 2.24) is 10.6 Å². The molecule has 1 unspecified atom stereocenters. The van der Waals surface area contributed by atoms with E-state index in [1.165, 1.54) is 0 Å². The SMILES string of the molecule is CCC(C)(CCO)NC(=O)CNC(=O)[C@@H](N)C(C)C. The van der Waals surface area contributed by atoms with Gasteiger partial charge in [0, 0.05) is 12.1 Å². The van der Waals surface area contributed by atoms with Gasteiger partial charge in [-0.3, -0.25) is 9.59 Å². The Morgan fingerprint density at radius 3 is 2.37 bits per heavy atom. The fraction of sp³-hybridized carbons (Fsp3) is 0.846. The Kier molecular flexibility index (Phi) is 7.63. The van der Waals surface area contributed by atoms with E-state index in [9.17, 15) is 9.59 Å². The summed E-state index contributed by atoms with van der Waals surface area (Å²) in [5.74, 6) is -0.578. The number of hydrogen-bond donors (Lipinski definition) is 4. The number of rotatable bonds is 8. The summed E-state index contributed by atoms with van der Waals surface area (Å²) in [6.07, 6.45) is 1.19. The maximum atomic E-state index is 11.7. The van der Waals surface area contributed by atoms with Gasteiger partial charge in [-0.05, 0) is 25.7 Å². The predicted octanol–water partition coefficient (Wildman–Crippen LogP) is -0.247. The first-order valence-corrected chi connectivity index (χ1v) is 6.71. The molecule has 2 amide bonds. The molecule has 112 valence electrons. The zero-order chi connectivity index (χ0) is 15.1. The van der Waals surface area contributed by atoms with Crippen molar-refractivity contribution in [2.75, 3.05) is 13.2 Å². The molecule has 6 heteroatoms. The standard InChI is InChI=1S/C13H27N3O3/c1-5-13(4,6-7-17)16-10(18)8-15-12(19)11(14)9(2)3/h9,11,17H,5-8,14H2,1-4H3,(H,15,19)(H,16,18)/t11-,13?/m0/s1. The number of nitrogens with two attached hydrogens (primary N) is 1. The topological polar surface area (TPSA) is 104 Å². The molecule has 0 aromatic rings. The van der Waals surface area contributed by atoms with Crippen molar-refractivity contribution >= 4 is 11.8 Å². The zero-order valence-electron chi connectivity index (χ0n) is 12.3. The molecule has 0 spiro atoms. The van der Waals surface area contributed by atoms with Crippen molar-refractivity contribution in [3.05, 3.63) is 0 Å². The van der Waals surface area contributed by atoms with E-state index in [1.54, 1.807) is 0 Å². The van der Waals surface area contributed by atoms with E-state index in [4.69, 9.17) is 10.8 Å². The van der Waals surface area contributed by atoms with Gasteiger partial charge < -0.3 is 21.5 Å². The van der Waals surface area contributed by atoms with Gasteiger partial charge in [0.2, 0.25) is 11.8 Å². The Hall–Kier alpha value is -1.14. The van der Waals surface area contributed by atoms with Crippen LogP contribution in [0.5, 0.6) is 0 Å². The van der Waals surface area contributed by atoms with Gasteiger partial charge >= 0.3 is 0 Å². The maximum absolute atomic E-state index is 11.7. The summed E-state index contributed by atoms with van der Waals surface area (Å²) >= 11 is 0. The first-order chi connectivity index (χ1) is 8.75. The second-order valence-electron chi connectivity index (χ2n) is 5.42. The average molecular weight is 273 g/mol. The fourth-order valence-electron chi connectivity index (χ4n) is 1.54. The first kappa shape index (κ1) is 17.9. The molecule has 0 aromatic carbocycles. The largest absolute Gasteiger partial charge is 0.396 e. The Morgan fingerprint density at radius 2 is 1.95 bits per heavy atom. The van der Waals surface area contributed by atoms with Crippen LogP contribution in [0.1, 0.15) is 40.5 Å². The van der Waals surface area contributed by atoms with Crippen LogP contribution in [0.15, 0.2) is 0 Å². The third kappa shape index (κ3) is 6.54. The van der Waals surface area contributed by atoms with E-state index < -0.39 is 11.6 Å². The summed E-state index contributed by atoms with van der Waals surface area (Å²) in [4.78, 5) is 23.3. The Balaban J connectivity index is 4.22. The fourth-order valence-corrected chi connectivity index (χ4v) is 1.54. The lowest BCUT2D eigenvalue weighted by atomic mass is 9.95. The molecule has 0 bridgehead atoms. The smallest absolute Gasteiger partial charge is 0.239 e. The first-order valence-electron chi connectivity index (χ1n) is 6.71. The minimum absolute atomic E-state index is 0.00913. The van der Waals surface area contributed by atoms with Crippen molar-refractivity contribution < 1.29 is 14.7 Å². The number of nitrogens with one attached hydrogen (secondary N) is 2. The molecule has 6 nitrogen and oxygen atoms in total. The molecule has 0 rings (SSSR count). The number of hydrogen-bond acceptors (Lipinski definition) is 4. The van der Waals surface area contributed by atoms with Crippen molar-refractivity contribution in [2.24, 2.45) is 11.7 Å². The van der Waals surface area contributed by atoms with Crippen LogP contribution in [0.25, 0.3) is 0 Å². The zero-order valence-corrected chi connectivity index (χ0v) is 12.3. The number of aliphatic hydroxyl groups is 1. The van der Waals surface area contributed by atoms with Gasteiger partial charge in [-0.25, -0.2) is 0 Å². The number of carbonyl (C=O) groups is 2. The molecular weight excluding hydrogens is 246 g/mol. The van der Waals surface area contributed by atoms with Crippen LogP contribution < -0.4 is 16.4 Å². The van der Waals surface area contributed by atoms with Gasteiger partial charge in [0.25, 0.3) is 0 Å². The highest BCUT2D eigenvalue weighted by atomic mass is 16.3. The number of aliphatic hydroxyl groups excluding tert-OH is 1. The van der Waals surface area contributed by atoms with Gasteiger partial charge in [0.1, 0.15) is 0 Å². The molecule has 0 radical (unpaired) electrons. The molecule has 5 N–H and O–H groups in total.